The van der Waals surface area contributed by atoms with E-state index in [1.54, 1.807) is 0 Å². The highest BCUT2D eigenvalue weighted by Gasteiger charge is 2.33. The maximum atomic E-state index is 3.91. The van der Waals surface area contributed by atoms with E-state index in [2.05, 4.69) is 50.8 Å². The SMILES string of the molecule is C=CC[Si](CC=C)(NC(C)CC)NC(C)CC. The third kappa shape index (κ3) is 6.20. The van der Waals surface area contributed by atoms with Crippen molar-refractivity contribution in [1.29, 1.82) is 0 Å². The van der Waals surface area contributed by atoms with E-state index in [0.717, 1.165) is 24.9 Å². The Hall–Kier alpha value is -0.383. The smallest absolute Gasteiger partial charge is 0.209 e. The van der Waals surface area contributed by atoms with Crippen LogP contribution in [0, 0.1) is 0 Å². The highest BCUT2D eigenvalue weighted by Crippen LogP contribution is 2.14. The van der Waals surface area contributed by atoms with Gasteiger partial charge in [-0.05, 0) is 37.0 Å². The molecule has 2 unspecified atom stereocenters. The van der Waals surface area contributed by atoms with Crippen molar-refractivity contribution in [3.8, 4) is 0 Å². The van der Waals surface area contributed by atoms with Crippen LogP contribution < -0.4 is 9.96 Å². The molecule has 0 saturated carbocycles. The van der Waals surface area contributed by atoms with Crippen molar-refractivity contribution < 1.29 is 0 Å². The fourth-order valence-electron chi connectivity index (χ4n) is 2.00. The molecule has 100 valence electrons. The number of allylic oxidation sites excluding steroid dienone is 2. The summed E-state index contributed by atoms with van der Waals surface area (Å²) in [5.41, 5.74) is 0. The minimum absolute atomic E-state index is 0.554. The Morgan fingerprint density at radius 1 is 0.941 bits per heavy atom. The van der Waals surface area contributed by atoms with E-state index in [1.165, 1.54) is 0 Å². The van der Waals surface area contributed by atoms with Crippen LogP contribution in [0.4, 0.5) is 0 Å². The van der Waals surface area contributed by atoms with Crippen LogP contribution >= 0.6 is 0 Å². The Balaban J connectivity index is 4.81. The summed E-state index contributed by atoms with van der Waals surface area (Å²) in [6.07, 6.45) is 6.40. The monoisotopic (exact) mass is 254 g/mol. The van der Waals surface area contributed by atoms with Gasteiger partial charge in [0.1, 0.15) is 0 Å². The number of nitrogens with one attached hydrogen (secondary N) is 2. The third-order valence-electron chi connectivity index (χ3n) is 3.26. The maximum absolute atomic E-state index is 3.91. The van der Waals surface area contributed by atoms with Crippen LogP contribution in [0.3, 0.4) is 0 Å². The normalized spacial score (nSPS) is 15.3. The summed E-state index contributed by atoms with van der Waals surface area (Å²) in [7, 11) is -1.70. The number of hydrogen-bond acceptors (Lipinski definition) is 2. The lowest BCUT2D eigenvalue weighted by Gasteiger charge is -2.36. The summed E-state index contributed by atoms with van der Waals surface area (Å²) >= 11 is 0. The maximum Gasteiger partial charge on any atom is 0.209 e. The van der Waals surface area contributed by atoms with Gasteiger partial charge in [0.25, 0.3) is 0 Å². The Bertz CT molecular complexity index is 204. The molecule has 0 radical (unpaired) electrons. The van der Waals surface area contributed by atoms with E-state index in [9.17, 15) is 0 Å². The van der Waals surface area contributed by atoms with Crippen LogP contribution in [0.2, 0.25) is 12.1 Å². The van der Waals surface area contributed by atoms with Crippen molar-refractivity contribution in [1.82, 2.24) is 9.96 Å². The lowest BCUT2D eigenvalue weighted by Crippen LogP contribution is -2.66. The van der Waals surface area contributed by atoms with Crippen LogP contribution in [0.5, 0.6) is 0 Å². The van der Waals surface area contributed by atoms with Crippen molar-refractivity contribution >= 4 is 8.40 Å². The molecule has 0 spiro atoms. The molecule has 0 rings (SSSR count). The second-order valence-electron chi connectivity index (χ2n) is 4.97. The zero-order valence-corrected chi connectivity index (χ0v) is 13.1. The molecule has 0 fully saturated rings. The minimum Gasteiger partial charge on any atom is -0.322 e. The van der Waals surface area contributed by atoms with Gasteiger partial charge in [-0.15, -0.1) is 13.2 Å². The Labute approximate surface area is 109 Å². The van der Waals surface area contributed by atoms with Gasteiger partial charge in [-0.2, -0.15) is 0 Å². The van der Waals surface area contributed by atoms with Gasteiger partial charge in [-0.1, -0.05) is 39.8 Å². The number of rotatable bonds is 10. The van der Waals surface area contributed by atoms with E-state index >= 15 is 0 Å². The zero-order valence-electron chi connectivity index (χ0n) is 12.1. The summed E-state index contributed by atoms with van der Waals surface area (Å²) in [4.78, 5) is 7.67. The first-order valence-corrected chi connectivity index (χ1v) is 9.22. The largest absolute Gasteiger partial charge is 0.322 e. The lowest BCUT2D eigenvalue weighted by atomic mass is 10.3. The Kier molecular flexibility index (Phi) is 8.48. The zero-order chi connectivity index (χ0) is 13.3. The molecule has 2 N–H and O–H groups in total. The molecule has 2 nitrogen and oxygen atoms in total. The van der Waals surface area contributed by atoms with Crippen LogP contribution in [0.15, 0.2) is 25.3 Å². The van der Waals surface area contributed by atoms with Crippen molar-refractivity contribution in [2.24, 2.45) is 0 Å². The summed E-state index contributed by atoms with van der Waals surface area (Å²) in [6, 6.07) is 3.21. The van der Waals surface area contributed by atoms with Crippen LogP contribution in [-0.2, 0) is 0 Å². The molecule has 17 heavy (non-hydrogen) atoms. The predicted molar refractivity (Wildman–Crippen MR) is 81.5 cm³/mol. The quantitative estimate of drug-likeness (QED) is 0.460. The standard InChI is InChI=1S/C14H30N2Si/c1-7-11-17(12-8-2,15-13(5)9-3)16-14(6)10-4/h7-8,13-16H,1-2,9-12H2,3-6H3. The van der Waals surface area contributed by atoms with Gasteiger partial charge in [0.15, 0.2) is 0 Å². The third-order valence-corrected chi connectivity index (χ3v) is 7.32. The highest BCUT2D eigenvalue weighted by molar-refractivity contribution is 6.76. The average molecular weight is 254 g/mol. The highest BCUT2D eigenvalue weighted by atomic mass is 28.3. The summed E-state index contributed by atoms with van der Waals surface area (Å²) in [5.74, 6) is 0. The Morgan fingerprint density at radius 3 is 1.53 bits per heavy atom. The molecule has 0 amide bonds. The second kappa shape index (κ2) is 8.67. The fraction of sp³-hybridized carbons (Fsp3) is 0.714. The molecule has 0 aromatic heterocycles. The van der Waals surface area contributed by atoms with E-state index in [1.807, 2.05) is 12.2 Å². The molecular weight excluding hydrogens is 224 g/mol. The first kappa shape index (κ1) is 16.6. The van der Waals surface area contributed by atoms with Gasteiger partial charge in [0, 0.05) is 0 Å². The minimum atomic E-state index is -1.70. The first-order valence-electron chi connectivity index (χ1n) is 6.80. The molecule has 0 saturated heterocycles. The van der Waals surface area contributed by atoms with Crippen LogP contribution in [-0.4, -0.2) is 20.5 Å². The van der Waals surface area contributed by atoms with Crippen molar-refractivity contribution in [3.63, 3.8) is 0 Å². The number of hydrogen-bond donors (Lipinski definition) is 2. The van der Waals surface area contributed by atoms with E-state index in [-0.39, 0.29) is 0 Å². The van der Waals surface area contributed by atoms with E-state index < -0.39 is 8.40 Å². The van der Waals surface area contributed by atoms with Gasteiger partial charge in [0.05, 0.1) is 0 Å². The van der Waals surface area contributed by atoms with Gasteiger partial charge in [-0.25, -0.2) is 0 Å². The first-order chi connectivity index (χ1) is 8.03. The molecule has 2 atom stereocenters. The molecule has 0 aliphatic carbocycles. The van der Waals surface area contributed by atoms with Gasteiger partial charge in [0.2, 0.25) is 8.40 Å². The molecule has 0 aromatic rings. The molecular formula is C14H30N2Si. The van der Waals surface area contributed by atoms with Crippen LogP contribution in [0.25, 0.3) is 0 Å². The summed E-state index contributed by atoms with van der Waals surface area (Å²) in [6.45, 7) is 16.8. The van der Waals surface area contributed by atoms with E-state index in [0.29, 0.717) is 12.1 Å². The van der Waals surface area contributed by atoms with Crippen LogP contribution in [0.1, 0.15) is 40.5 Å². The molecule has 0 heterocycles. The van der Waals surface area contributed by atoms with Crippen molar-refractivity contribution in [3.05, 3.63) is 25.3 Å². The topological polar surface area (TPSA) is 24.1 Å². The van der Waals surface area contributed by atoms with Gasteiger partial charge >= 0.3 is 0 Å². The molecule has 0 bridgehead atoms. The van der Waals surface area contributed by atoms with Crippen molar-refractivity contribution in [2.75, 3.05) is 0 Å². The van der Waals surface area contributed by atoms with Crippen molar-refractivity contribution in [2.45, 2.75) is 64.7 Å². The second-order valence-corrected chi connectivity index (χ2v) is 8.53. The Morgan fingerprint density at radius 2 is 1.29 bits per heavy atom. The predicted octanol–water partition coefficient (Wildman–Crippen LogP) is 3.58. The summed E-state index contributed by atoms with van der Waals surface area (Å²) < 4.78 is 0. The fourth-order valence-corrected chi connectivity index (χ4v) is 6.00. The summed E-state index contributed by atoms with van der Waals surface area (Å²) in [5, 5.41) is 0. The van der Waals surface area contributed by atoms with Gasteiger partial charge < -0.3 is 9.96 Å². The molecule has 0 aromatic carbocycles. The molecule has 0 aliphatic rings. The van der Waals surface area contributed by atoms with Gasteiger partial charge in [-0.3, -0.25) is 0 Å². The molecule has 3 heteroatoms. The molecule has 0 aliphatic heterocycles. The van der Waals surface area contributed by atoms with E-state index in [4.69, 9.17) is 0 Å². The average Bonchev–Trinajstić information content (AvgIpc) is 2.29. The lowest BCUT2D eigenvalue weighted by molar-refractivity contribution is 0.584.